The number of nitrogens with zero attached hydrogens (tertiary/aromatic N) is 3. The number of likely N-dealkylation sites (tertiary alicyclic amines) is 1. The maximum Gasteiger partial charge on any atom is 0.333 e. The molecule has 57 heavy (non-hydrogen) atoms. The summed E-state index contributed by atoms with van der Waals surface area (Å²) in [4.78, 5) is 62.8. The average molecular weight is 834 g/mol. The van der Waals surface area contributed by atoms with Crippen molar-refractivity contribution in [1.29, 1.82) is 0 Å². The van der Waals surface area contributed by atoms with Gasteiger partial charge in [-0.25, -0.2) is 4.98 Å². The Hall–Kier alpha value is -3.16. The zero-order valence-corrected chi connectivity index (χ0v) is 37.5. The van der Waals surface area contributed by atoms with Gasteiger partial charge in [0.2, 0.25) is 5.91 Å². The molecule has 1 aromatic heterocycles. The summed E-state index contributed by atoms with van der Waals surface area (Å²) < 4.78 is 30.7. The van der Waals surface area contributed by atoms with E-state index in [0.29, 0.717) is 23.5 Å². The Kier molecular flexibility index (Phi) is 19.3. The number of nitrogens with one attached hydrogen (secondary N) is 1. The lowest BCUT2D eigenvalue weighted by Crippen LogP contribution is -2.48. The van der Waals surface area contributed by atoms with Gasteiger partial charge in [-0.15, -0.1) is 11.3 Å². The van der Waals surface area contributed by atoms with Crippen molar-refractivity contribution in [3.05, 3.63) is 45.9 Å². The standard InChI is InChI=1S/C42H68N5O8PS/c1-11-28(6)34(24-38(49)36-16-14-15-21-46(36)9)42(51)47(10)37(27(4)5)25-39(55-30(8)48)41-45-35(26-57-41)40(50)44-33(23-31-17-19-32(43)20-18-31)22-29(7)56(52,53-12-2)54-13-3/h17-20,26-29,33-34,36-37,39H,11-16,21-25,43H2,1-10H3,(H,44,50)/t28-,29-,33+,34-,36+,37+,39+/m0/s1. The highest BCUT2D eigenvalue weighted by atomic mass is 32.1. The van der Waals surface area contributed by atoms with Crippen molar-refractivity contribution in [2.75, 3.05) is 39.6 Å². The summed E-state index contributed by atoms with van der Waals surface area (Å²) in [6, 6.07) is 6.37. The summed E-state index contributed by atoms with van der Waals surface area (Å²) in [6.07, 6.45) is 3.98. The van der Waals surface area contributed by atoms with Crippen LogP contribution >= 0.6 is 18.9 Å². The van der Waals surface area contributed by atoms with E-state index < -0.39 is 43.2 Å². The SMILES string of the molecule is CCOP(=O)(OCC)[C@@H](C)C[C@H](Cc1ccc(N)cc1)NC(=O)c1csc([C@@H](C[C@H](C(C)C)N(C)C(=O)[C@@H](CC(=O)[C@H]2CCCCN2C)[C@@H](C)CC)OC(C)=O)n1. The predicted molar refractivity (Wildman–Crippen MR) is 226 cm³/mol. The van der Waals surface area contributed by atoms with Crippen molar-refractivity contribution >= 4 is 48.2 Å². The number of hydrogen-bond donors (Lipinski definition) is 2. The second-order valence-corrected chi connectivity index (χ2v) is 19.3. The van der Waals surface area contributed by atoms with Crippen LogP contribution in [0.3, 0.4) is 0 Å². The lowest BCUT2D eigenvalue weighted by atomic mass is 9.83. The normalized spacial score (nSPS) is 18.3. The van der Waals surface area contributed by atoms with Crippen molar-refractivity contribution in [2.24, 2.45) is 17.8 Å². The minimum atomic E-state index is -3.46. The van der Waals surface area contributed by atoms with Crippen LogP contribution in [0.25, 0.3) is 0 Å². The second-order valence-electron chi connectivity index (χ2n) is 15.9. The average Bonchev–Trinajstić information content (AvgIpc) is 3.66. The van der Waals surface area contributed by atoms with E-state index in [1.165, 1.54) is 18.3 Å². The molecular weight excluding hydrogens is 766 g/mol. The first kappa shape index (κ1) is 48.2. The highest BCUT2D eigenvalue weighted by Crippen LogP contribution is 2.54. The van der Waals surface area contributed by atoms with Crippen LogP contribution in [0.2, 0.25) is 0 Å². The first-order valence-corrected chi connectivity index (χ1v) is 23.1. The molecule has 1 aliphatic rings. The number of nitrogens with two attached hydrogens (primary N) is 1. The molecule has 2 amide bonds. The Morgan fingerprint density at radius 3 is 2.25 bits per heavy atom. The van der Waals surface area contributed by atoms with Gasteiger partial charge >= 0.3 is 13.6 Å². The molecule has 1 saturated heterocycles. The smallest absolute Gasteiger partial charge is 0.333 e. The van der Waals surface area contributed by atoms with Crippen LogP contribution in [0.15, 0.2) is 29.6 Å². The van der Waals surface area contributed by atoms with Crippen molar-refractivity contribution in [1.82, 2.24) is 20.1 Å². The van der Waals surface area contributed by atoms with Gasteiger partial charge in [-0.2, -0.15) is 0 Å². The first-order chi connectivity index (χ1) is 26.9. The zero-order valence-electron chi connectivity index (χ0n) is 35.8. The van der Waals surface area contributed by atoms with Crippen LogP contribution in [0.1, 0.15) is 127 Å². The van der Waals surface area contributed by atoms with Gasteiger partial charge in [-0.1, -0.05) is 59.6 Å². The van der Waals surface area contributed by atoms with Crippen molar-refractivity contribution in [2.45, 2.75) is 137 Å². The topological polar surface area (TPSA) is 170 Å². The van der Waals surface area contributed by atoms with Crippen LogP contribution < -0.4 is 11.1 Å². The number of thiazole rings is 1. The lowest BCUT2D eigenvalue weighted by Gasteiger charge is -2.37. The molecule has 1 aliphatic heterocycles. The van der Waals surface area contributed by atoms with E-state index in [2.05, 4.69) is 15.2 Å². The van der Waals surface area contributed by atoms with E-state index in [1.54, 1.807) is 50.2 Å². The highest BCUT2D eigenvalue weighted by Gasteiger charge is 2.38. The first-order valence-electron chi connectivity index (χ1n) is 20.6. The minimum Gasteiger partial charge on any atom is -0.455 e. The fraction of sp³-hybridized carbons (Fsp3) is 0.690. The Labute approximate surface area is 344 Å². The number of carbonyl (C=O) groups is 4. The molecule has 3 rings (SSSR count). The summed E-state index contributed by atoms with van der Waals surface area (Å²) in [5.74, 6) is -1.46. The number of anilines is 1. The number of carbonyl (C=O) groups excluding carboxylic acids is 4. The number of ether oxygens (including phenoxy) is 1. The molecule has 1 aromatic carbocycles. The third-order valence-electron chi connectivity index (χ3n) is 11.2. The number of nitrogen functional groups attached to an aromatic ring is 1. The van der Waals surface area contributed by atoms with E-state index in [9.17, 15) is 23.7 Å². The van der Waals surface area contributed by atoms with Crippen LogP contribution in [0, 0.1) is 17.8 Å². The fourth-order valence-corrected chi connectivity index (χ4v) is 10.4. The van der Waals surface area contributed by atoms with Gasteiger partial charge in [0, 0.05) is 55.9 Å². The molecule has 2 heterocycles. The van der Waals surface area contributed by atoms with E-state index in [-0.39, 0.29) is 67.4 Å². The second kappa shape index (κ2) is 22.8. The number of Topliss-reactive ketones (excluding diaryl/α,β-unsaturated/α-hetero) is 1. The number of piperidine rings is 1. The van der Waals surface area contributed by atoms with E-state index in [4.69, 9.17) is 19.5 Å². The maximum absolute atomic E-state index is 14.3. The third-order valence-corrected chi connectivity index (χ3v) is 14.7. The van der Waals surface area contributed by atoms with Crippen LogP contribution in [0.4, 0.5) is 5.69 Å². The number of ketones is 1. The van der Waals surface area contributed by atoms with Crippen molar-refractivity contribution in [3.63, 3.8) is 0 Å². The van der Waals surface area contributed by atoms with Crippen molar-refractivity contribution < 1.29 is 37.5 Å². The molecule has 7 atom stereocenters. The number of aromatic nitrogens is 1. The summed E-state index contributed by atoms with van der Waals surface area (Å²) >= 11 is 1.20. The quantitative estimate of drug-likeness (QED) is 0.0639. The molecule has 0 aliphatic carbocycles. The van der Waals surface area contributed by atoms with Gasteiger partial charge in [-0.05, 0) is 82.7 Å². The van der Waals surface area contributed by atoms with Crippen molar-refractivity contribution in [3.8, 4) is 0 Å². The van der Waals surface area contributed by atoms with E-state index in [1.807, 2.05) is 46.9 Å². The molecule has 3 N–H and O–H groups in total. The van der Waals surface area contributed by atoms with E-state index >= 15 is 0 Å². The van der Waals surface area contributed by atoms with Gasteiger partial charge < -0.3 is 29.7 Å². The predicted octanol–water partition coefficient (Wildman–Crippen LogP) is 7.69. The van der Waals surface area contributed by atoms with Gasteiger partial charge in [0.25, 0.3) is 5.91 Å². The molecule has 15 heteroatoms. The monoisotopic (exact) mass is 833 g/mol. The lowest BCUT2D eigenvalue weighted by molar-refractivity contribution is -0.149. The maximum atomic E-state index is 14.3. The third kappa shape index (κ3) is 14.0. The minimum absolute atomic E-state index is 0.00739. The number of likely N-dealkylation sites (N-methyl/N-ethyl adjacent to an activating group) is 1. The molecule has 320 valence electrons. The number of rotatable bonds is 23. The highest BCUT2D eigenvalue weighted by molar-refractivity contribution is 7.54. The molecule has 2 aromatic rings. The largest absolute Gasteiger partial charge is 0.455 e. The Bertz CT molecular complexity index is 1640. The zero-order chi connectivity index (χ0) is 42.4. The molecular formula is C42H68N5O8PS. The molecule has 1 fully saturated rings. The number of amides is 2. The molecule has 0 saturated carbocycles. The molecule has 0 bridgehead atoms. The van der Waals surface area contributed by atoms with Crippen LogP contribution in [-0.2, 0) is 39.2 Å². The van der Waals surface area contributed by atoms with E-state index in [0.717, 1.165) is 37.8 Å². The molecule has 0 unspecified atom stereocenters. The van der Waals surface area contributed by atoms with Gasteiger partial charge in [-0.3, -0.25) is 28.6 Å². The number of benzene rings is 1. The fourth-order valence-electron chi connectivity index (χ4n) is 7.70. The summed E-state index contributed by atoms with van der Waals surface area (Å²) in [5, 5.41) is 5.14. The van der Waals surface area contributed by atoms with Gasteiger partial charge in [0.1, 0.15) is 10.7 Å². The van der Waals surface area contributed by atoms with Gasteiger partial charge in [0.15, 0.2) is 11.9 Å². The number of esters is 1. The van der Waals surface area contributed by atoms with Crippen LogP contribution in [0.5, 0.6) is 0 Å². The summed E-state index contributed by atoms with van der Waals surface area (Å²) in [7, 11) is 0.289. The number of hydrogen-bond acceptors (Lipinski definition) is 12. The molecule has 0 spiro atoms. The van der Waals surface area contributed by atoms with Crippen LogP contribution in [-0.4, -0.2) is 96.0 Å². The summed E-state index contributed by atoms with van der Waals surface area (Å²) in [6.45, 7) is 16.1. The van der Waals surface area contributed by atoms with Gasteiger partial charge in [0.05, 0.1) is 24.9 Å². The Balaban J connectivity index is 1.85. The Morgan fingerprint density at radius 2 is 1.68 bits per heavy atom. The Morgan fingerprint density at radius 1 is 1.04 bits per heavy atom. The summed E-state index contributed by atoms with van der Waals surface area (Å²) in [5.41, 5.74) is 7.09. The molecule has 13 nitrogen and oxygen atoms in total. The molecule has 0 radical (unpaired) electrons.